The monoisotopic (exact) mass is 218 g/mol. The molecule has 0 aliphatic carbocycles. The molecule has 1 atom stereocenters. The van der Waals surface area contributed by atoms with Crippen LogP contribution in [0.15, 0.2) is 30.3 Å². The van der Waals surface area contributed by atoms with Crippen molar-refractivity contribution in [2.24, 2.45) is 0 Å². The molecule has 2 rings (SSSR count). The molecule has 0 radical (unpaired) electrons. The molecule has 2 nitrogen and oxygen atoms in total. The fourth-order valence-corrected chi connectivity index (χ4v) is 2.31. The maximum absolute atomic E-state index is 2.55. The van der Waals surface area contributed by atoms with E-state index in [0.29, 0.717) is 12.1 Å². The summed E-state index contributed by atoms with van der Waals surface area (Å²) in [4.78, 5) is 5.08. The molecule has 88 valence electrons. The van der Waals surface area contributed by atoms with Gasteiger partial charge in [0, 0.05) is 25.2 Å². The van der Waals surface area contributed by atoms with Crippen LogP contribution in [0.3, 0.4) is 0 Å². The predicted molar refractivity (Wildman–Crippen MR) is 68.3 cm³/mol. The fraction of sp³-hybridized carbons (Fsp3) is 0.571. The van der Waals surface area contributed by atoms with E-state index in [0.717, 1.165) is 6.67 Å². The minimum atomic E-state index is 0.532. The van der Waals surface area contributed by atoms with Gasteiger partial charge in [0.15, 0.2) is 0 Å². The van der Waals surface area contributed by atoms with Crippen LogP contribution in [-0.2, 0) is 0 Å². The van der Waals surface area contributed by atoms with Crippen molar-refractivity contribution in [3.05, 3.63) is 35.9 Å². The number of nitrogens with zero attached hydrogens (tertiary/aromatic N) is 2. The van der Waals surface area contributed by atoms with E-state index >= 15 is 0 Å². The van der Waals surface area contributed by atoms with Crippen LogP contribution < -0.4 is 0 Å². The SMILES string of the molecule is CC(C)N1CCN(C(C)c2ccccc2)C1. The van der Waals surface area contributed by atoms with Gasteiger partial charge in [-0.1, -0.05) is 30.3 Å². The quantitative estimate of drug-likeness (QED) is 0.769. The maximum Gasteiger partial charge on any atom is 0.0515 e. The first kappa shape index (κ1) is 11.6. The second kappa shape index (κ2) is 4.98. The molecule has 1 aliphatic heterocycles. The van der Waals surface area contributed by atoms with Crippen LogP contribution in [-0.4, -0.2) is 35.6 Å². The first-order valence-corrected chi connectivity index (χ1v) is 6.21. The smallest absolute Gasteiger partial charge is 0.0515 e. The lowest BCUT2D eigenvalue weighted by Crippen LogP contribution is -2.31. The van der Waals surface area contributed by atoms with Gasteiger partial charge < -0.3 is 0 Å². The van der Waals surface area contributed by atoms with E-state index < -0.39 is 0 Å². The van der Waals surface area contributed by atoms with E-state index in [-0.39, 0.29) is 0 Å². The van der Waals surface area contributed by atoms with Gasteiger partial charge >= 0.3 is 0 Å². The average Bonchev–Trinajstić information content (AvgIpc) is 2.78. The Morgan fingerprint density at radius 3 is 2.12 bits per heavy atom. The van der Waals surface area contributed by atoms with Gasteiger partial charge in [0.25, 0.3) is 0 Å². The number of benzene rings is 1. The molecule has 1 fully saturated rings. The van der Waals surface area contributed by atoms with Gasteiger partial charge in [-0.2, -0.15) is 0 Å². The molecule has 0 saturated carbocycles. The summed E-state index contributed by atoms with van der Waals surface area (Å²) in [5.41, 5.74) is 1.42. The Labute approximate surface area is 98.9 Å². The molecule has 16 heavy (non-hydrogen) atoms. The molecular formula is C14H22N2. The van der Waals surface area contributed by atoms with Crippen molar-refractivity contribution in [2.75, 3.05) is 19.8 Å². The standard InChI is InChI=1S/C14H22N2/c1-12(2)15-9-10-16(11-15)13(3)14-7-5-4-6-8-14/h4-8,12-13H,9-11H2,1-3H3. The predicted octanol–water partition coefficient (Wildman–Crippen LogP) is 2.73. The van der Waals surface area contributed by atoms with Crippen LogP contribution >= 0.6 is 0 Å². The van der Waals surface area contributed by atoms with E-state index in [1.807, 2.05) is 0 Å². The van der Waals surface area contributed by atoms with Gasteiger partial charge in [-0.15, -0.1) is 0 Å². The minimum absolute atomic E-state index is 0.532. The van der Waals surface area contributed by atoms with Crippen LogP contribution in [0.5, 0.6) is 0 Å². The molecule has 0 spiro atoms. The molecular weight excluding hydrogens is 196 g/mol. The highest BCUT2D eigenvalue weighted by molar-refractivity contribution is 5.18. The number of hydrogen-bond acceptors (Lipinski definition) is 2. The Kier molecular flexibility index (Phi) is 3.62. The first-order chi connectivity index (χ1) is 7.68. The molecule has 0 aromatic heterocycles. The highest BCUT2D eigenvalue weighted by atomic mass is 15.4. The minimum Gasteiger partial charge on any atom is -0.287 e. The van der Waals surface area contributed by atoms with Crippen molar-refractivity contribution in [2.45, 2.75) is 32.9 Å². The third-order valence-corrected chi connectivity index (χ3v) is 3.60. The van der Waals surface area contributed by atoms with Crippen LogP contribution in [0, 0.1) is 0 Å². The van der Waals surface area contributed by atoms with Gasteiger partial charge in [-0.3, -0.25) is 9.80 Å². The molecule has 2 heteroatoms. The van der Waals surface area contributed by atoms with Crippen molar-refractivity contribution >= 4 is 0 Å². The van der Waals surface area contributed by atoms with E-state index in [2.05, 4.69) is 60.9 Å². The third kappa shape index (κ3) is 2.45. The summed E-state index contributed by atoms with van der Waals surface area (Å²) in [5.74, 6) is 0. The van der Waals surface area contributed by atoms with Crippen LogP contribution in [0.4, 0.5) is 0 Å². The molecule has 1 saturated heterocycles. The van der Waals surface area contributed by atoms with Crippen LogP contribution in [0.1, 0.15) is 32.4 Å². The summed E-state index contributed by atoms with van der Waals surface area (Å²) in [6.07, 6.45) is 0. The Balaban J connectivity index is 2.00. The normalized spacial score (nSPS) is 20.5. The van der Waals surface area contributed by atoms with E-state index in [1.165, 1.54) is 18.7 Å². The number of hydrogen-bond donors (Lipinski definition) is 0. The van der Waals surface area contributed by atoms with Crippen LogP contribution in [0.2, 0.25) is 0 Å². The second-order valence-electron chi connectivity index (χ2n) is 4.95. The van der Waals surface area contributed by atoms with Crippen molar-refractivity contribution in [1.82, 2.24) is 9.80 Å². The summed E-state index contributed by atoms with van der Waals surface area (Å²) < 4.78 is 0. The Bertz CT molecular complexity index is 321. The first-order valence-electron chi connectivity index (χ1n) is 6.21. The zero-order valence-corrected chi connectivity index (χ0v) is 10.6. The van der Waals surface area contributed by atoms with Crippen LogP contribution in [0.25, 0.3) is 0 Å². The Morgan fingerprint density at radius 2 is 1.56 bits per heavy atom. The lowest BCUT2D eigenvalue weighted by molar-refractivity contribution is 0.180. The summed E-state index contributed by atoms with van der Waals surface area (Å²) in [7, 11) is 0. The van der Waals surface area contributed by atoms with Gasteiger partial charge in [0.1, 0.15) is 0 Å². The molecule has 1 aromatic rings. The number of rotatable bonds is 3. The van der Waals surface area contributed by atoms with Crippen molar-refractivity contribution < 1.29 is 0 Å². The second-order valence-corrected chi connectivity index (χ2v) is 4.95. The molecule has 0 amide bonds. The maximum atomic E-state index is 2.55. The lowest BCUT2D eigenvalue weighted by Gasteiger charge is -2.26. The van der Waals surface area contributed by atoms with E-state index in [1.54, 1.807) is 0 Å². The summed E-state index contributed by atoms with van der Waals surface area (Å²) in [6.45, 7) is 10.4. The molecule has 0 N–H and O–H groups in total. The summed E-state index contributed by atoms with van der Waals surface area (Å²) in [6, 6.07) is 12.0. The summed E-state index contributed by atoms with van der Waals surface area (Å²) in [5, 5.41) is 0. The molecule has 1 heterocycles. The molecule has 1 aliphatic rings. The lowest BCUT2D eigenvalue weighted by atomic mass is 10.1. The largest absolute Gasteiger partial charge is 0.287 e. The highest BCUT2D eigenvalue weighted by Gasteiger charge is 2.25. The van der Waals surface area contributed by atoms with Gasteiger partial charge in [-0.25, -0.2) is 0 Å². The van der Waals surface area contributed by atoms with E-state index in [9.17, 15) is 0 Å². The molecule has 1 unspecified atom stereocenters. The zero-order chi connectivity index (χ0) is 11.5. The third-order valence-electron chi connectivity index (χ3n) is 3.60. The average molecular weight is 218 g/mol. The Hall–Kier alpha value is -0.860. The van der Waals surface area contributed by atoms with Crippen molar-refractivity contribution in [3.63, 3.8) is 0 Å². The van der Waals surface area contributed by atoms with E-state index in [4.69, 9.17) is 0 Å². The van der Waals surface area contributed by atoms with Gasteiger partial charge in [0.2, 0.25) is 0 Å². The van der Waals surface area contributed by atoms with Crippen molar-refractivity contribution in [3.8, 4) is 0 Å². The van der Waals surface area contributed by atoms with Gasteiger partial charge in [0.05, 0.1) is 6.67 Å². The Morgan fingerprint density at radius 1 is 0.938 bits per heavy atom. The fourth-order valence-electron chi connectivity index (χ4n) is 2.31. The zero-order valence-electron chi connectivity index (χ0n) is 10.6. The highest BCUT2D eigenvalue weighted by Crippen LogP contribution is 2.23. The molecule has 0 bridgehead atoms. The molecule has 1 aromatic carbocycles. The topological polar surface area (TPSA) is 6.48 Å². The summed E-state index contributed by atoms with van der Waals surface area (Å²) >= 11 is 0. The van der Waals surface area contributed by atoms with Crippen molar-refractivity contribution in [1.29, 1.82) is 0 Å². The van der Waals surface area contributed by atoms with Gasteiger partial charge in [-0.05, 0) is 26.3 Å².